The zero-order valence-corrected chi connectivity index (χ0v) is 14.0. The van der Waals surface area contributed by atoms with Gasteiger partial charge in [0.1, 0.15) is 0 Å². The van der Waals surface area contributed by atoms with Crippen LogP contribution < -0.4 is 10.2 Å². The molecule has 23 heavy (non-hydrogen) atoms. The fourth-order valence-corrected chi connectivity index (χ4v) is 2.97. The molecule has 0 aliphatic carbocycles. The third-order valence-electron chi connectivity index (χ3n) is 4.10. The molecule has 1 aromatic heterocycles. The molecule has 5 heteroatoms. The number of nitrogens with zero attached hydrogens (tertiary/aromatic N) is 2. The third-order valence-corrected chi connectivity index (χ3v) is 4.41. The Labute approximate surface area is 141 Å². The van der Waals surface area contributed by atoms with Crippen LogP contribution >= 0.6 is 11.6 Å². The molecule has 0 bridgehead atoms. The van der Waals surface area contributed by atoms with Crippen molar-refractivity contribution in [1.82, 2.24) is 15.3 Å². The number of benzene rings is 1. The van der Waals surface area contributed by atoms with Crippen LogP contribution in [-0.2, 0) is 6.42 Å². The Morgan fingerprint density at radius 1 is 1.52 bits per heavy atom. The highest BCUT2D eigenvalue weighted by Crippen LogP contribution is 2.24. The van der Waals surface area contributed by atoms with Gasteiger partial charge < -0.3 is 15.2 Å². The van der Waals surface area contributed by atoms with Gasteiger partial charge in [-0.05, 0) is 24.1 Å². The molecule has 1 aliphatic heterocycles. The van der Waals surface area contributed by atoms with Crippen LogP contribution in [0.2, 0.25) is 5.15 Å². The van der Waals surface area contributed by atoms with Crippen molar-refractivity contribution in [2.45, 2.75) is 19.4 Å². The fourth-order valence-electron chi connectivity index (χ4n) is 2.71. The van der Waals surface area contributed by atoms with E-state index in [1.165, 1.54) is 5.69 Å². The van der Waals surface area contributed by atoms with Crippen LogP contribution in [-0.4, -0.2) is 29.1 Å². The van der Waals surface area contributed by atoms with Crippen LogP contribution in [0.25, 0.3) is 11.8 Å². The monoisotopic (exact) mass is 328 g/mol. The first-order valence-corrected chi connectivity index (χ1v) is 8.16. The van der Waals surface area contributed by atoms with Crippen molar-refractivity contribution >= 4 is 29.1 Å². The van der Waals surface area contributed by atoms with Crippen molar-refractivity contribution in [3.63, 3.8) is 0 Å². The summed E-state index contributed by atoms with van der Waals surface area (Å²) in [5.74, 6) is 0.721. The molecule has 0 atom stereocenters. The van der Waals surface area contributed by atoms with Gasteiger partial charge in [0.2, 0.25) is 0 Å². The molecule has 1 fully saturated rings. The highest BCUT2D eigenvalue weighted by Gasteiger charge is 2.27. The first-order valence-electron chi connectivity index (χ1n) is 7.78. The Bertz CT molecular complexity index is 728. The topological polar surface area (TPSA) is 44.0 Å². The molecule has 0 saturated carbocycles. The Balaban J connectivity index is 1.57. The average Bonchev–Trinajstić information content (AvgIpc) is 2.91. The van der Waals surface area contributed by atoms with E-state index < -0.39 is 0 Å². The van der Waals surface area contributed by atoms with Gasteiger partial charge in [0.25, 0.3) is 0 Å². The van der Waals surface area contributed by atoms with E-state index in [1.807, 2.05) is 13.0 Å². The third kappa shape index (κ3) is 3.27. The van der Waals surface area contributed by atoms with Gasteiger partial charge in [-0.1, -0.05) is 49.9 Å². The zero-order valence-electron chi connectivity index (χ0n) is 13.3. The molecule has 120 valence electrons. The maximum absolute atomic E-state index is 6.08. The molecule has 2 N–H and O–H groups in total. The normalized spacial score (nSPS) is 14.4. The van der Waals surface area contributed by atoms with Crippen LogP contribution in [0.15, 0.2) is 37.4 Å². The number of imidazole rings is 1. The fraction of sp³-hybridized carbons (Fsp3) is 0.278. The second-order valence-corrected chi connectivity index (χ2v) is 6.09. The quantitative estimate of drug-likeness (QED) is 0.849. The van der Waals surface area contributed by atoms with Crippen LogP contribution in [0, 0.1) is 0 Å². The van der Waals surface area contributed by atoms with Gasteiger partial charge in [0.15, 0.2) is 11.0 Å². The summed E-state index contributed by atoms with van der Waals surface area (Å²) in [6, 6.07) is 8.75. The number of H-pyrrole nitrogens is 1. The predicted molar refractivity (Wildman–Crippen MR) is 97.7 cm³/mol. The van der Waals surface area contributed by atoms with E-state index in [2.05, 4.69) is 57.6 Å². The Hall–Kier alpha value is -2.20. The molecule has 0 radical (unpaired) electrons. The number of aryl methyl sites for hydroxylation is 1. The summed E-state index contributed by atoms with van der Waals surface area (Å²) in [6.07, 6.45) is 2.70. The van der Waals surface area contributed by atoms with Gasteiger partial charge >= 0.3 is 0 Å². The second kappa shape index (κ2) is 6.50. The van der Waals surface area contributed by atoms with Gasteiger partial charge in [-0.15, -0.1) is 0 Å². The minimum atomic E-state index is 0.365. The number of anilines is 1. The minimum absolute atomic E-state index is 0.365. The Morgan fingerprint density at radius 2 is 2.30 bits per heavy atom. The molecule has 4 nitrogen and oxygen atoms in total. The lowest BCUT2D eigenvalue weighted by Gasteiger charge is -2.42. The standard InChI is InChI=1S/C18H21ClN4/c1-4-13-7-6-8-15(9-13)23-10-14(11-23)20-12(3)18-21-16(5-2)17(19)22-18/h4,6-9,14,20H,1,3,5,10-11H2,2H3,(H,21,22). The number of rotatable bonds is 6. The second-order valence-electron chi connectivity index (χ2n) is 5.73. The van der Waals surface area contributed by atoms with Crippen LogP contribution in [0.1, 0.15) is 24.0 Å². The SMILES string of the molecule is C=Cc1cccc(N2CC(NC(=C)c3nc(Cl)c(CC)[nH]3)C2)c1. The van der Waals surface area contributed by atoms with E-state index in [-0.39, 0.29) is 0 Å². The van der Waals surface area contributed by atoms with Gasteiger partial charge in [0, 0.05) is 18.8 Å². The molecular weight excluding hydrogens is 308 g/mol. The van der Waals surface area contributed by atoms with Crippen molar-refractivity contribution in [1.29, 1.82) is 0 Å². The summed E-state index contributed by atoms with van der Waals surface area (Å²) >= 11 is 6.08. The summed E-state index contributed by atoms with van der Waals surface area (Å²) in [5.41, 5.74) is 4.10. The molecule has 3 rings (SSSR count). The Morgan fingerprint density at radius 3 is 2.96 bits per heavy atom. The number of halogens is 1. The first-order chi connectivity index (χ1) is 11.1. The number of aromatic nitrogens is 2. The average molecular weight is 329 g/mol. The number of aromatic amines is 1. The highest BCUT2D eigenvalue weighted by atomic mass is 35.5. The van der Waals surface area contributed by atoms with E-state index in [1.54, 1.807) is 0 Å². The minimum Gasteiger partial charge on any atom is -0.376 e. The predicted octanol–water partition coefficient (Wildman–Crippen LogP) is 3.72. The van der Waals surface area contributed by atoms with Crippen LogP contribution in [0.3, 0.4) is 0 Å². The van der Waals surface area contributed by atoms with Crippen molar-refractivity contribution < 1.29 is 0 Å². The van der Waals surface area contributed by atoms with Crippen molar-refractivity contribution in [3.05, 3.63) is 59.7 Å². The van der Waals surface area contributed by atoms with Gasteiger partial charge in [-0.3, -0.25) is 0 Å². The van der Waals surface area contributed by atoms with Gasteiger partial charge in [0.05, 0.1) is 17.4 Å². The molecular formula is C18H21ClN4. The van der Waals surface area contributed by atoms with Crippen molar-refractivity contribution in [3.8, 4) is 0 Å². The summed E-state index contributed by atoms with van der Waals surface area (Å²) in [6.45, 7) is 11.8. The first kappa shape index (κ1) is 15.7. The summed E-state index contributed by atoms with van der Waals surface area (Å²) in [4.78, 5) is 9.85. The largest absolute Gasteiger partial charge is 0.376 e. The van der Waals surface area contributed by atoms with E-state index >= 15 is 0 Å². The zero-order chi connectivity index (χ0) is 16.4. The molecule has 1 aliphatic rings. The molecule has 0 spiro atoms. The lowest BCUT2D eigenvalue weighted by Crippen LogP contribution is -2.57. The highest BCUT2D eigenvalue weighted by molar-refractivity contribution is 6.30. The molecule has 1 saturated heterocycles. The maximum Gasteiger partial charge on any atom is 0.154 e. The van der Waals surface area contributed by atoms with Gasteiger partial charge in [-0.25, -0.2) is 4.98 Å². The van der Waals surface area contributed by atoms with E-state index in [4.69, 9.17) is 11.6 Å². The summed E-state index contributed by atoms with van der Waals surface area (Å²) in [5, 5.41) is 3.95. The molecule has 0 unspecified atom stereocenters. The molecule has 2 heterocycles. The molecule has 0 amide bonds. The summed E-state index contributed by atoms with van der Waals surface area (Å²) in [7, 11) is 0. The lowest BCUT2D eigenvalue weighted by molar-refractivity contribution is 0.471. The molecule has 1 aromatic carbocycles. The van der Waals surface area contributed by atoms with Crippen molar-refractivity contribution in [2.24, 2.45) is 0 Å². The smallest absolute Gasteiger partial charge is 0.154 e. The van der Waals surface area contributed by atoms with E-state index in [0.29, 0.717) is 11.2 Å². The van der Waals surface area contributed by atoms with Crippen molar-refractivity contribution in [2.75, 3.05) is 18.0 Å². The molecule has 2 aromatic rings. The Kier molecular flexibility index (Phi) is 4.44. The number of nitrogens with one attached hydrogen (secondary N) is 2. The summed E-state index contributed by atoms with van der Waals surface area (Å²) < 4.78 is 0. The van der Waals surface area contributed by atoms with Gasteiger partial charge in [-0.2, -0.15) is 0 Å². The maximum atomic E-state index is 6.08. The van der Waals surface area contributed by atoms with Crippen LogP contribution in [0.4, 0.5) is 5.69 Å². The van der Waals surface area contributed by atoms with E-state index in [0.717, 1.165) is 42.3 Å². The number of hydrogen-bond donors (Lipinski definition) is 2. The lowest BCUT2D eigenvalue weighted by atomic mass is 10.1. The van der Waals surface area contributed by atoms with Crippen LogP contribution in [0.5, 0.6) is 0 Å². The number of hydrogen-bond acceptors (Lipinski definition) is 3. The van der Waals surface area contributed by atoms with E-state index in [9.17, 15) is 0 Å².